The lowest BCUT2D eigenvalue weighted by Gasteiger charge is -2.40. The molecule has 20 nitrogen and oxygen atoms in total. The van der Waals surface area contributed by atoms with Crippen molar-refractivity contribution in [3.63, 3.8) is 0 Å². The number of amides is 2. The number of benzene rings is 2. The number of phenolic OH excluding ortho intramolecular Hbond substituents is 2. The zero-order chi connectivity index (χ0) is 41.5. The van der Waals surface area contributed by atoms with E-state index in [9.17, 15) is 77.6 Å². The lowest BCUT2D eigenvalue weighted by atomic mass is 9.97. The number of ether oxygens (including phenoxy) is 2. The number of phenols is 2. The Morgan fingerprint density at radius 3 is 1.25 bits per heavy atom. The third-order valence-electron chi connectivity index (χ3n) is 8.67. The van der Waals surface area contributed by atoms with Crippen molar-refractivity contribution in [2.24, 2.45) is 0 Å². The zero-order valence-electron chi connectivity index (χ0n) is 27.7. The molecule has 0 aliphatic carbocycles. The quantitative estimate of drug-likeness (QED) is 0.0668. The predicted octanol–water partition coefficient (Wildman–Crippen LogP) is -3.39. The number of nitrogens with one attached hydrogen (secondary N) is 2. The van der Waals surface area contributed by atoms with Crippen molar-refractivity contribution in [2.45, 2.75) is 61.3 Å². The van der Waals surface area contributed by atoms with Crippen LogP contribution in [0.2, 0.25) is 0 Å². The third-order valence-corrected chi connectivity index (χ3v) is 8.67. The van der Waals surface area contributed by atoms with Crippen molar-refractivity contribution in [2.75, 3.05) is 13.2 Å². The van der Waals surface area contributed by atoms with Gasteiger partial charge in [0.2, 0.25) is 11.6 Å². The van der Waals surface area contributed by atoms with Crippen LogP contribution >= 0.6 is 0 Å². The molecule has 2 aromatic carbocycles. The third kappa shape index (κ3) is 7.87. The van der Waals surface area contributed by atoms with E-state index in [1.54, 1.807) is 0 Å². The molecule has 0 radical (unpaired) electrons. The van der Waals surface area contributed by atoms with Gasteiger partial charge in [-0.25, -0.2) is 18.4 Å². The molecule has 10 atom stereocenters. The van der Waals surface area contributed by atoms with Crippen LogP contribution in [0.15, 0.2) is 42.7 Å². The molecular weight excluding hydrogens is 776 g/mol. The van der Waals surface area contributed by atoms with Crippen LogP contribution in [-0.2, 0) is 9.47 Å². The van der Waals surface area contributed by atoms with E-state index in [1.165, 1.54) is 0 Å². The molecule has 24 heteroatoms. The minimum absolute atomic E-state index is 0.348. The molecule has 0 bridgehead atoms. The maximum Gasteiger partial charge on any atom is 0.349 e. The fraction of sp³-hybridized carbons (Fsp3) is 0.375. The summed E-state index contributed by atoms with van der Waals surface area (Å²) in [7, 11) is 0. The second-order valence-electron chi connectivity index (χ2n) is 12.2. The van der Waals surface area contributed by atoms with Gasteiger partial charge in [-0.15, -0.1) is 0 Å². The standard InChI is InChI=1S/2C16H15F2NO9/c2*17-6-2-4-1-5(15(25)28-13(4)8(18)10(6)21)14(24)19-9-12(23)11(22)7(3-20)27-16(9)26/h2*1-2,7,9,11-12,16,20-23,26H,3H2,(H,19,24)/t7?,9?,11-,12-,16?;7?,9-,11+,12?,16+/m11/s1. The molecule has 4 aromatic rings. The Morgan fingerprint density at radius 2 is 0.929 bits per heavy atom. The molecule has 56 heavy (non-hydrogen) atoms. The van der Waals surface area contributed by atoms with Crippen LogP contribution in [0.1, 0.15) is 20.7 Å². The Balaban J connectivity index is 0.000000214. The summed E-state index contributed by atoms with van der Waals surface area (Å²) < 4.78 is 73.6. The first-order chi connectivity index (χ1) is 26.3. The summed E-state index contributed by atoms with van der Waals surface area (Å²) in [6, 6.07) is -0.329. The van der Waals surface area contributed by atoms with Gasteiger partial charge in [0.05, 0.1) is 13.2 Å². The lowest BCUT2D eigenvalue weighted by Crippen LogP contribution is -2.64. The molecule has 5 unspecified atom stereocenters. The second-order valence-corrected chi connectivity index (χ2v) is 12.2. The maximum absolute atomic E-state index is 13.8. The van der Waals surface area contributed by atoms with Gasteiger partial charge in [-0.2, -0.15) is 8.78 Å². The summed E-state index contributed by atoms with van der Waals surface area (Å²) in [4.78, 5) is 48.7. The van der Waals surface area contributed by atoms with Gasteiger partial charge in [-0.05, 0) is 24.3 Å². The van der Waals surface area contributed by atoms with Crippen molar-refractivity contribution in [1.29, 1.82) is 0 Å². The van der Waals surface area contributed by atoms with Crippen molar-refractivity contribution in [3.8, 4) is 11.5 Å². The van der Waals surface area contributed by atoms with Crippen molar-refractivity contribution in [3.05, 3.63) is 79.5 Å². The van der Waals surface area contributed by atoms with Gasteiger partial charge in [0.1, 0.15) is 59.8 Å². The number of carbonyl (C=O) groups is 2. The second kappa shape index (κ2) is 16.4. The highest BCUT2D eigenvalue weighted by Gasteiger charge is 2.46. The number of aliphatic hydroxyl groups excluding tert-OH is 8. The fourth-order valence-electron chi connectivity index (χ4n) is 5.65. The normalized spacial score (nSPS) is 27.7. The van der Waals surface area contributed by atoms with Crippen LogP contribution in [0.25, 0.3) is 21.9 Å². The number of hydrogen-bond donors (Lipinski definition) is 12. The maximum atomic E-state index is 13.8. The number of carbonyl (C=O) groups excluding carboxylic acids is 2. The summed E-state index contributed by atoms with van der Waals surface area (Å²) in [6.07, 6.45) is -13.1. The van der Waals surface area contributed by atoms with Gasteiger partial charge in [0.15, 0.2) is 46.9 Å². The summed E-state index contributed by atoms with van der Waals surface area (Å²) in [6.45, 7) is -1.43. The summed E-state index contributed by atoms with van der Waals surface area (Å²) in [5.41, 5.74) is -5.69. The lowest BCUT2D eigenvalue weighted by molar-refractivity contribution is -0.252. The molecule has 304 valence electrons. The van der Waals surface area contributed by atoms with Crippen molar-refractivity contribution < 1.29 is 96.5 Å². The Kier molecular flexibility index (Phi) is 12.3. The first-order valence-electron chi connectivity index (χ1n) is 15.8. The van der Waals surface area contributed by atoms with Crippen LogP contribution in [0, 0.1) is 23.3 Å². The molecule has 12 N–H and O–H groups in total. The van der Waals surface area contributed by atoms with E-state index in [2.05, 4.69) is 19.5 Å². The Labute approximate surface area is 306 Å². The smallest absolute Gasteiger partial charge is 0.349 e. The van der Waals surface area contributed by atoms with Gasteiger partial charge < -0.3 is 80.0 Å². The van der Waals surface area contributed by atoms with Crippen LogP contribution in [0.5, 0.6) is 11.5 Å². The molecule has 2 saturated heterocycles. The topological polar surface area (TPSA) is 339 Å². The van der Waals surface area contributed by atoms with Gasteiger partial charge in [-0.1, -0.05) is 0 Å². The summed E-state index contributed by atoms with van der Waals surface area (Å²) in [5, 5.41) is 99.2. The Hall–Kier alpha value is -5.28. The fourth-order valence-corrected chi connectivity index (χ4v) is 5.65. The highest BCUT2D eigenvalue weighted by molar-refractivity contribution is 5.98. The first kappa shape index (κ1) is 41.9. The van der Waals surface area contributed by atoms with E-state index in [1.807, 2.05) is 0 Å². The average Bonchev–Trinajstić information content (AvgIpc) is 3.16. The van der Waals surface area contributed by atoms with Crippen LogP contribution in [0.4, 0.5) is 17.6 Å². The van der Waals surface area contributed by atoms with E-state index in [4.69, 9.17) is 19.7 Å². The van der Waals surface area contributed by atoms with Gasteiger partial charge in [-0.3, -0.25) is 9.59 Å². The SMILES string of the molecule is O=C(NC1C(O)OC(CO)[C@@H](O)[C@@H]1O)c1cc2cc(F)c(O)c(F)c2oc1=O.O=C(N[C@@H]1C(O)[C@@H](O)C(CO)O[C@@H]1O)c1cc2cc(F)c(O)c(F)c2oc1=O. The number of rotatable bonds is 6. The van der Waals surface area contributed by atoms with E-state index in [0.29, 0.717) is 12.1 Å². The molecule has 4 heterocycles. The number of hydrogen-bond acceptors (Lipinski definition) is 18. The number of halogens is 4. The minimum atomic E-state index is -1.83. The molecule has 2 aliphatic rings. The number of fused-ring (bicyclic) bond motifs is 2. The molecule has 2 aliphatic heterocycles. The van der Waals surface area contributed by atoms with Crippen LogP contribution in [0.3, 0.4) is 0 Å². The summed E-state index contributed by atoms with van der Waals surface area (Å²) >= 11 is 0. The highest BCUT2D eigenvalue weighted by atomic mass is 19.1. The number of aromatic hydroxyl groups is 2. The molecule has 2 amide bonds. The monoisotopic (exact) mass is 806 g/mol. The summed E-state index contributed by atoms with van der Waals surface area (Å²) in [5.74, 6) is -10.9. The first-order valence-corrected chi connectivity index (χ1v) is 15.8. The predicted molar refractivity (Wildman–Crippen MR) is 171 cm³/mol. The van der Waals surface area contributed by atoms with Gasteiger partial charge in [0.25, 0.3) is 11.8 Å². The van der Waals surface area contributed by atoms with Crippen LogP contribution in [-0.4, -0.2) is 137 Å². The van der Waals surface area contributed by atoms with Gasteiger partial charge in [0, 0.05) is 10.8 Å². The molecule has 0 saturated carbocycles. The van der Waals surface area contributed by atoms with Crippen LogP contribution < -0.4 is 21.9 Å². The molecule has 0 spiro atoms. The Bertz CT molecular complexity index is 2110. The average molecular weight is 807 g/mol. The molecule has 2 aromatic heterocycles. The highest BCUT2D eigenvalue weighted by Crippen LogP contribution is 2.30. The molecule has 6 rings (SSSR count). The van der Waals surface area contributed by atoms with Crippen molar-refractivity contribution >= 4 is 33.8 Å². The van der Waals surface area contributed by atoms with E-state index < -0.39 is 155 Å². The minimum Gasteiger partial charge on any atom is -0.503 e. The Morgan fingerprint density at radius 1 is 0.589 bits per heavy atom. The van der Waals surface area contributed by atoms with E-state index in [0.717, 1.165) is 12.1 Å². The van der Waals surface area contributed by atoms with Crippen molar-refractivity contribution in [1.82, 2.24) is 10.6 Å². The number of aliphatic hydroxyl groups is 8. The molecular formula is C32H30F4N2O18. The zero-order valence-corrected chi connectivity index (χ0v) is 27.7. The van der Waals surface area contributed by atoms with E-state index in [-0.39, 0.29) is 10.8 Å². The van der Waals surface area contributed by atoms with E-state index >= 15 is 0 Å². The molecule has 2 fully saturated rings. The largest absolute Gasteiger partial charge is 0.503 e. The van der Waals surface area contributed by atoms with Gasteiger partial charge >= 0.3 is 11.3 Å².